The van der Waals surface area contributed by atoms with Gasteiger partial charge in [-0.15, -0.1) is 0 Å². The van der Waals surface area contributed by atoms with Gasteiger partial charge in [-0.2, -0.15) is 5.26 Å². The van der Waals surface area contributed by atoms with Gasteiger partial charge >= 0.3 is 5.97 Å². The van der Waals surface area contributed by atoms with Crippen molar-refractivity contribution in [1.29, 1.82) is 5.26 Å². The van der Waals surface area contributed by atoms with Crippen LogP contribution in [0.4, 0.5) is 8.78 Å². The van der Waals surface area contributed by atoms with Crippen molar-refractivity contribution in [2.45, 2.75) is 32.1 Å². The van der Waals surface area contributed by atoms with E-state index in [9.17, 15) is 13.6 Å². The first-order chi connectivity index (χ1) is 7.41. The molecule has 0 heterocycles. The topological polar surface area (TPSA) is 50.1 Å². The van der Waals surface area contributed by atoms with Gasteiger partial charge < -0.3 is 4.74 Å². The smallest absolute Gasteiger partial charge is 0.305 e. The highest BCUT2D eigenvalue weighted by atomic mass is 127. The molecule has 0 fully saturated rings. The van der Waals surface area contributed by atoms with E-state index < -0.39 is 18.3 Å². The summed E-state index contributed by atoms with van der Waals surface area (Å²) < 4.78 is 31.1. The number of carbonyl (C=O) groups excluding carboxylic acids is 1. The molecule has 0 aliphatic heterocycles. The third-order valence-electron chi connectivity index (χ3n) is 1.60. The van der Waals surface area contributed by atoms with E-state index in [0.29, 0.717) is 0 Å². The minimum atomic E-state index is -3.02. The van der Waals surface area contributed by atoms with Crippen LogP contribution >= 0.6 is 22.6 Å². The second kappa shape index (κ2) is 7.54. The normalized spacial score (nSPS) is 12.1. The number of nitrogens with zero attached hydrogens (tertiary/aromatic N) is 1. The van der Waals surface area contributed by atoms with Gasteiger partial charge in [-0.3, -0.25) is 4.79 Å². The Morgan fingerprint density at radius 3 is 2.75 bits per heavy atom. The lowest BCUT2D eigenvalue weighted by Crippen LogP contribution is -2.13. The van der Waals surface area contributed by atoms with Gasteiger partial charge in [-0.05, 0) is 28.7 Å². The van der Waals surface area contributed by atoms with E-state index in [1.165, 1.54) is 0 Å². The Morgan fingerprint density at radius 2 is 2.25 bits per heavy atom. The van der Waals surface area contributed by atoms with Gasteiger partial charge in [-0.1, -0.05) is 6.92 Å². The summed E-state index contributed by atoms with van der Waals surface area (Å²) >= 11 is 1.69. The molecule has 0 aliphatic carbocycles. The standard InChI is InChI=1S/C10H12F2INO2/c1-2-9(15)16-7-8(13)6-10(11,12)4-3-5-14/h6H,2-4,7H2,1H3. The van der Waals surface area contributed by atoms with Crippen LogP contribution < -0.4 is 0 Å². The third-order valence-corrected chi connectivity index (χ3v) is 2.22. The molecule has 0 saturated carbocycles. The van der Waals surface area contributed by atoms with Gasteiger partial charge in [0.1, 0.15) is 6.61 Å². The molecule has 3 nitrogen and oxygen atoms in total. The number of esters is 1. The number of nitriles is 1. The summed E-state index contributed by atoms with van der Waals surface area (Å²) in [5.74, 6) is -3.45. The molecule has 0 atom stereocenters. The molecule has 0 aromatic rings. The number of halogens is 3. The molecule has 16 heavy (non-hydrogen) atoms. The van der Waals surface area contributed by atoms with Crippen LogP contribution in [0.1, 0.15) is 26.2 Å². The maximum Gasteiger partial charge on any atom is 0.305 e. The van der Waals surface area contributed by atoms with Crippen LogP contribution in [0.15, 0.2) is 9.66 Å². The fourth-order valence-corrected chi connectivity index (χ4v) is 1.43. The molecule has 0 aliphatic rings. The van der Waals surface area contributed by atoms with Crippen molar-refractivity contribution in [3.05, 3.63) is 9.66 Å². The molecule has 6 heteroatoms. The molecule has 0 aromatic carbocycles. The number of ether oxygens (including phenoxy) is 1. The highest BCUT2D eigenvalue weighted by molar-refractivity contribution is 14.1. The maximum absolute atomic E-state index is 13.1. The Bertz CT molecular complexity index is 310. The number of rotatable bonds is 6. The van der Waals surface area contributed by atoms with E-state index in [4.69, 9.17) is 10.00 Å². The molecular weight excluding hydrogens is 331 g/mol. The summed E-state index contributed by atoms with van der Waals surface area (Å²) in [6.45, 7) is 1.48. The first-order valence-electron chi connectivity index (χ1n) is 4.69. The molecule has 0 spiro atoms. The SMILES string of the molecule is CCC(=O)OCC(I)=CC(F)(F)CCC#N. The molecule has 90 valence electrons. The van der Waals surface area contributed by atoms with Crippen molar-refractivity contribution < 1.29 is 18.3 Å². The number of hydrogen-bond donors (Lipinski definition) is 0. The second-order valence-electron chi connectivity index (χ2n) is 3.02. The number of hydrogen-bond acceptors (Lipinski definition) is 3. The predicted octanol–water partition coefficient (Wildman–Crippen LogP) is 3.20. The Balaban J connectivity index is 4.19. The van der Waals surface area contributed by atoms with Gasteiger partial charge in [0, 0.05) is 22.8 Å². The average Bonchev–Trinajstić information content (AvgIpc) is 2.22. The highest BCUT2D eigenvalue weighted by Crippen LogP contribution is 2.25. The van der Waals surface area contributed by atoms with Crippen molar-refractivity contribution >= 4 is 28.6 Å². The average molecular weight is 343 g/mol. The van der Waals surface area contributed by atoms with E-state index in [0.717, 1.165) is 6.08 Å². The lowest BCUT2D eigenvalue weighted by molar-refractivity contribution is -0.142. The fourth-order valence-electron chi connectivity index (χ4n) is 0.817. The predicted molar refractivity (Wildman–Crippen MR) is 63.1 cm³/mol. The minimum absolute atomic E-state index is 0.143. The Morgan fingerprint density at radius 1 is 1.62 bits per heavy atom. The number of alkyl halides is 2. The van der Waals surface area contributed by atoms with E-state index in [-0.39, 0.29) is 23.0 Å². The van der Waals surface area contributed by atoms with Crippen LogP contribution in [-0.4, -0.2) is 18.5 Å². The first-order valence-corrected chi connectivity index (χ1v) is 5.76. The lowest BCUT2D eigenvalue weighted by atomic mass is 10.2. The van der Waals surface area contributed by atoms with Crippen molar-refractivity contribution in [1.82, 2.24) is 0 Å². The van der Waals surface area contributed by atoms with Crippen molar-refractivity contribution in [2.24, 2.45) is 0 Å². The summed E-state index contributed by atoms with van der Waals surface area (Å²) in [7, 11) is 0. The van der Waals surface area contributed by atoms with Crippen LogP contribution in [0.5, 0.6) is 0 Å². The fraction of sp³-hybridized carbons (Fsp3) is 0.600. The van der Waals surface area contributed by atoms with Crippen LogP contribution in [0, 0.1) is 11.3 Å². The molecule has 0 unspecified atom stereocenters. The van der Waals surface area contributed by atoms with Gasteiger partial charge in [-0.25, -0.2) is 8.78 Å². The molecule has 0 N–H and O–H groups in total. The molecular formula is C10H12F2INO2. The Labute approximate surface area is 107 Å². The van der Waals surface area contributed by atoms with Crippen LogP contribution in [0.2, 0.25) is 0 Å². The quantitative estimate of drug-likeness (QED) is 0.550. The van der Waals surface area contributed by atoms with Crippen LogP contribution in [-0.2, 0) is 9.53 Å². The van der Waals surface area contributed by atoms with E-state index in [1.807, 2.05) is 0 Å². The Hall–Kier alpha value is -0.710. The van der Waals surface area contributed by atoms with Gasteiger partial charge in [0.05, 0.1) is 6.07 Å². The summed E-state index contributed by atoms with van der Waals surface area (Å²) in [6, 6.07) is 1.66. The van der Waals surface area contributed by atoms with Gasteiger partial charge in [0.25, 0.3) is 5.92 Å². The summed E-state index contributed by atoms with van der Waals surface area (Å²) in [5.41, 5.74) is 0. The van der Waals surface area contributed by atoms with Crippen LogP contribution in [0.3, 0.4) is 0 Å². The second-order valence-corrected chi connectivity index (χ2v) is 4.41. The monoisotopic (exact) mass is 343 g/mol. The zero-order valence-corrected chi connectivity index (χ0v) is 11.0. The van der Waals surface area contributed by atoms with Gasteiger partial charge in [0.2, 0.25) is 0 Å². The largest absolute Gasteiger partial charge is 0.460 e. The molecule has 0 saturated heterocycles. The first kappa shape index (κ1) is 15.3. The lowest BCUT2D eigenvalue weighted by Gasteiger charge is -2.10. The highest BCUT2D eigenvalue weighted by Gasteiger charge is 2.25. The zero-order valence-electron chi connectivity index (χ0n) is 8.80. The van der Waals surface area contributed by atoms with E-state index in [1.54, 1.807) is 35.6 Å². The van der Waals surface area contributed by atoms with Crippen molar-refractivity contribution in [2.75, 3.05) is 6.61 Å². The minimum Gasteiger partial charge on any atom is -0.460 e. The van der Waals surface area contributed by atoms with E-state index in [2.05, 4.69) is 0 Å². The third kappa shape index (κ3) is 7.56. The van der Waals surface area contributed by atoms with Crippen molar-refractivity contribution in [3.8, 4) is 6.07 Å². The number of carbonyl (C=O) groups is 1. The van der Waals surface area contributed by atoms with Gasteiger partial charge in [0.15, 0.2) is 0 Å². The molecule has 0 bridgehead atoms. The summed E-state index contributed by atoms with van der Waals surface area (Å²) in [5, 5.41) is 8.20. The molecule has 0 radical (unpaired) electrons. The zero-order chi connectivity index (χ0) is 12.6. The summed E-state index contributed by atoms with van der Waals surface area (Å²) in [6.07, 6.45) is 0.225. The van der Waals surface area contributed by atoms with Crippen LogP contribution in [0.25, 0.3) is 0 Å². The van der Waals surface area contributed by atoms with E-state index >= 15 is 0 Å². The summed E-state index contributed by atoms with van der Waals surface area (Å²) in [4.78, 5) is 10.8. The number of allylic oxidation sites excluding steroid dienone is 1. The van der Waals surface area contributed by atoms with Crippen molar-refractivity contribution in [3.63, 3.8) is 0 Å². The molecule has 0 rings (SSSR count). The molecule has 0 aromatic heterocycles. The maximum atomic E-state index is 13.1. The molecule has 0 amide bonds. The Kier molecular flexibility index (Phi) is 7.21.